The first-order valence-electron chi connectivity index (χ1n) is 6.09. The van der Waals surface area contributed by atoms with E-state index in [0.29, 0.717) is 5.56 Å². The van der Waals surface area contributed by atoms with Crippen LogP contribution in [0.25, 0.3) is 0 Å². The highest BCUT2D eigenvalue weighted by atomic mass is 32.2. The maximum atomic E-state index is 12.3. The molecule has 0 heterocycles. The Hall–Kier alpha value is -2.14. The van der Waals surface area contributed by atoms with Gasteiger partial charge in [0.15, 0.2) is 9.84 Å². The van der Waals surface area contributed by atoms with Crippen LogP contribution in [0.15, 0.2) is 64.6 Å². The van der Waals surface area contributed by atoms with Gasteiger partial charge in [0.05, 0.1) is 4.90 Å². The van der Waals surface area contributed by atoms with Crippen LogP contribution in [0.3, 0.4) is 0 Å². The van der Waals surface area contributed by atoms with E-state index in [1.165, 1.54) is 0 Å². The van der Waals surface area contributed by atoms with Gasteiger partial charge in [-0.1, -0.05) is 53.2 Å². The minimum atomic E-state index is -3.53. The molecule has 0 atom stereocenters. The van der Waals surface area contributed by atoms with Crippen LogP contribution in [0.2, 0.25) is 0 Å². The molecule has 104 valence electrons. The van der Waals surface area contributed by atoms with Gasteiger partial charge in [0.25, 0.3) is 0 Å². The Morgan fingerprint density at radius 1 is 1.05 bits per heavy atom. The van der Waals surface area contributed by atoms with Gasteiger partial charge in [0, 0.05) is 5.56 Å². The molecule has 2 aromatic carbocycles. The molecule has 0 saturated carbocycles. The maximum absolute atomic E-state index is 12.3. The second-order valence-corrected chi connectivity index (χ2v) is 6.47. The van der Waals surface area contributed by atoms with Crippen molar-refractivity contribution in [2.75, 3.05) is 5.75 Å². The summed E-state index contributed by atoms with van der Waals surface area (Å²) >= 11 is 0. The number of hydrogen-bond acceptors (Lipinski definition) is 4. The van der Waals surface area contributed by atoms with E-state index in [1.807, 2.05) is 13.0 Å². The van der Waals surface area contributed by atoms with E-state index in [4.69, 9.17) is 5.21 Å². The highest BCUT2D eigenvalue weighted by Crippen LogP contribution is 2.14. The fraction of sp³-hybridized carbons (Fsp3) is 0.133. The van der Waals surface area contributed by atoms with E-state index in [0.717, 1.165) is 5.56 Å². The first-order chi connectivity index (χ1) is 9.53. The number of aryl methyl sites for hydroxylation is 1. The SMILES string of the molecule is Cc1ccc(S(=O)(=O)C/C(=N/O)c2ccccc2)cc1. The molecule has 0 fully saturated rings. The van der Waals surface area contributed by atoms with E-state index < -0.39 is 9.84 Å². The smallest absolute Gasteiger partial charge is 0.184 e. The highest BCUT2D eigenvalue weighted by Gasteiger charge is 2.19. The van der Waals surface area contributed by atoms with Crippen LogP contribution < -0.4 is 0 Å². The summed E-state index contributed by atoms with van der Waals surface area (Å²) in [6, 6.07) is 15.4. The summed E-state index contributed by atoms with van der Waals surface area (Å²) in [5, 5.41) is 12.2. The van der Waals surface area contributed by atoms with Gasteiger partial charge < -0.3 is 5.21 Å². The van der Waals surface area contributed by atoms with Crippen molar-refractivity contribution in [2.24, 2.45) is 5.16 Å². The Bertz CT molecular complexity index is 705. The van der Waals surface area contributed by atoms with Crippen molar-refractivity contribution in [3.05, 3.63) is 65.7 Å². The van der Waals surface area contributed by atoms with Crippen LogP contribution in [0.1, 0.15) is 11.1 Å². The average Bonchev–Trinajstić information content (AvgIpc) is 2.46. The molecule has 0 aliphatic heterocycles. The van der Waals surface area contributed by atoms with E-state index in [9.17, 15) is 8.42 Å². The molecule has 0 bridgehead atoms. The van der Waals surface area contributed by atoms with Gasteiger partial charge in [0.2, 0.25) is 0 Å². The number of nitrogens with zero attached hydrogens (tertiary/aromatic N) is 1. The van der Waals surface area contributed by atoms with Crippen LogP contribution >= 0.6 is 0 Å². The second-order valence-electron chi connectivity index (χ2n) is 4.48. The molecule has 2 aromatic rings. The molecule has 0 aliphatic carbocycles. The first kappa shape index (κ1) is 14.3. The van der Waals surface area contributed by atoms with Gasteiger partial charge in [-0.05, 0) is 19.1 Å². The number of sulfone groups is 1. The Labute approximate surface area is 118 Å². The van der Waals surface area contributed by atoms with Crippen LogP contribution in [-0.4, -0.2) is 25.1 Å². The molecule has 0 aliphatic rings. The zero-order valence-electron chi connectivity index (χ0n) is 11.0. The third-order valence-electron chi connectivity index (χ3n) is 2.93. The second kappa shape index (κ2) is 5.88. The lowest BCUT2D eigenvalue weighted by Gasteiger charge is -2.07. The predicted molar refractivity (Wildman–Crippen MR) is 78.0 cm³/mol. The lowest BCUT2D eigenvalue weighted by Crippen LogP contribution is -2.17. The molecular weight excluding hydrogens is 274 g/mol. The van der Waals surface area contributed by atoms with Gasteiger partial charge in [-0.3, -0.25) is 0 Å². The standard InChI is InChI=1S/C15H15NO3S/c1-12-7-9-14(10-8-12)20(18,19)11-15(16-17)13-5-3-2-4-6-13/h2-10,17H,11H2,1H3/b16-15-. The highest BCUT2D eigenvalue weighted by molar-refractivity contribution is 7.92. The van der Waals surface area contributed by atoms with Crippen molar-refractivity contribution in [2.45, 2.75) is 11.8 Å². The van der Waals surface area contributed by atoms with Crippen molar-refractivity contribution >= 4 is 15.5 Å². The molecule has 0 saturated heterocycles. The minimum absolute atomic E-state index is 0.131. The third-order valence-corrected chi connectivity index (χ3v) is 4.58. The van der Waals surface area contributed by atoms with E-state index in [2.05, 4.69) is 5.16 Å². The van der Waals surface area contributed by atoms with Gasteiger partial charge in [-0.2, -0.15) is 0 Å². The van der Waals surface area contributed by atoms with E-state index in [1.54, 1.807) is 48.5 Å². The molecule has 0 amide bonds. The summed E-state index contributed by atoms with van der Waals surface area (Å²) in [7, 11) is -3.53. The summed E-state index contributed by atoms with van der Waals surface area (Å²) in [5.74, 6) is -0.337. The minimum Gasteiger partial charge on any atom is -0.411 e. The first-order valence-corrected chi connectivity index (χ1v) is 7.74. The summed E-state index contributed by atoms with van der Waals surface area (Å²) in [4.78, 5) is 0.222. The lowest BCUT2D eigenvalue weighted by atomic mass is 10.1. The van der Waals surface area contributed by atoms with Gasteiger partial charge >= 0.3 is 0 Å². The Morgan fingerprint density at radius 2 is 1.65 bits per heavy atom. The van der Waals surface area contributed by atoms with Crippen molar-refractivity contribution in [1.82, 2.24) is 0 Å². The van der Waals surface area contributed by atoms with Crippen molar-refractivity contribution in [1.29, 1.82) is 0 Å². The third kappa shape index (κ3) is 3.24. The average molecular weight is 289 g/mol. The van der Waals surface area contributed by atoms with Gasteiger partial charge in [-0.25, -0.2) is 8.42 Å². The maximum Gasteiger partial charge on any atom is 0.184 e. The number of hydrogen-bond donors (Lipinski definition) is 1. The molecule has 0 unspecified atom stereocenters. The van der Waals surface area contributed by atoms with Crippen molar-refractivity contribution < 1.29 is 13.6 Å². The zero-order valence-corrected chi connectivity index (χ0v) is 11.8. The Morgan fingerprint density at radius 3 is 2.20 bits per heavy atom. The Balaban J connectivity index is 2.30. The van der Waals surface area contributed by atoms with Crippen LogP contribution in [0, 0.1) is 6.92 Å². The van der Waals surface area contributed by atoms with Crippen molar-refractivity contribution in [3.8, 4) is 0 Å². The molecule has 2 rings (SSSR count). The largest absolute Gasteiger partial charge is 0.411 e. The fourth-order valence-corrected chi connectivity index (χ4v) is 3.11. The molecule has 1 N–H and O–H groups in total. The monoisotopic (exact) mass is 289 g/mol. The van der Waals surface area contributed by atoms with E-state index >= 15 is 0 Å². The summed E-state index contributed by atoms with van der Waals surface area (Å²) in [6.07, 6.45) is 0. The molecule has 0 aromatic heterocycles. The number of oxime groups is 1. The van der Waals surface area contributed by atoms with Crippen molar-refractivity contribution in [3.63, 3.8) is 0 Å². The molecule has 5 heteroatoms. The van der Waals surface area contributed by atoms with Crippen LogP contribution in [-0.2, 0) is 9.84 Å². The molecule has 0 spiro atoms. The Kier molecular flexibility index (Phi) is 4.20. The number of benzene rings is 2. The topological polar surface area (TPSA) is 66.7 Å². The van der Waals surface area contributed by atoms with Gasteiger partial charge in [-0.15, -0.1) is 0 Å². The zero-order chi connectivity index (χ0) is 14.6. The molecule has 4 nitrogen and oxygen atoms in total. The molecule has 0 radical (unpaired) electrons. The molecular formula is C15H15NO3S. The summed E-state index contributed by atoms with van der Waals surface area (Å²) < 4.78 is 24.6. The predicted octanol–water partition coefficient (Wildman–Crippen LogP) is 2.65. The van der Waals surface area contributed by atoms with Crippen LogP contribution in [0.5, 0.6) is 0 Å². The quantitative estimate of drug-likeness (QED) is 0.534. The van der Waals surface area contributed by atoms with Crippen LogP contribution in [0.4, 0.5) is 0 Å². The summed E-state index contributed by atoms with van der Waals surface area (Å²) in [5.41, 5.74) is 1.71. The fourth-order valence-electron chi connectivity index (χ4n) is 1.81. The molecule has 20 heavy (non-hydrogen) atoms. The normalized spacial score (nSPS) is 12.3. The van der Waals surface area contributed by atoms with E-state index in [-0.39, 0.29) is 16.4 Å². The number of rotatable bonds is 4. The summed E-state index contributed by atoms with van der Waals surface area (Å²) in [6.45, 7) is 1.89. The van der Waals surface area contributed by atoms with Gasteiger partial charge in [0.1, 0.15) is 11.5 Å². The lowest BCUT2D eigenvalue weighted by molar-refractivity contribution is 0.319.